The summed E-state index contributed by atoms with van der Waals surface area (Å²) in [4.78, 5) is 9.05. The van der Waals surface area contributed by atoms with Crippen LogP contribution in [-0.2, 0) is 6.54 Å². The fourth-order valence-electron chi connectivity index (χ4n) is 3.22. The van der Waals surface area contributed by atoms with Gasteiger partial charge in [-0.05, 0) is 31.2 Å². The Morgan fingerprint density at radius 2 is 1.81 bits per heavy atom. The Labute approximate surface area is 178 Å². The molecule has 2 N–H and O–H groups in total. The molecule has 154 valence electrons. The minimum absolute atomic E-state index is 0. The van der Waals surface area contributed by atoms with Crippen molar-refractivity contribution in [3.8, 4) is 0 Å². The number of nitrogens with zero attached hydrogens (tertiary/aromatic N) is 3. The van der Waals surface area contributed by atoms with E-state index < -0.39 is 11.6 Å². The smallest absolute Gasteiger partial charge is 0.191 e. The molecule has 0 saturated carbocycles. The van der Waals surface area contributed by atoms with Gasteiger partial charge in [-0.2, -0.15) is 0 Å². The van der Waals surface area contributed by atoms with Crippen molar-refractivity contribution in [1.82, 2.24) is 20.4 Å². The van der Waals surface area contributed by atoms with Gasteiger partial charge in [-0.3, -0.25) is 9.89 Å². The third-order valence-electron chi connectivity index (χ3n) is 4.93. The number of piperazine rings is 1. The van der Waals surface area contributed by atoms with Crippen LogP contribution in [0.25, 0.3) is 0 Å². The van der Waals surface area contributed by atoms with Gasteiger partial charge in [0.1, 0.15) is 11.6 Å². The molecule has 1 aromatic carbocycles. The van der Waals surface area contributed by atoms with Gasteiger partial charge in [0.05, 0.1) is 0 Å². The second kappa shape index (κ2) is 11.8. The van der Waals surface area contributed by atoms with E-state index in [1.54, 1.807) is 7.05 Å². The first-order valence-electron chi connectivity index (χ1n) is 9.21. The highest BCUT2D eigenvalue weighted by Gasteiger charge is 2.25. The molecule has 0 bridgehead atoms. The van der Waals surface area contributed by atoms with Gasteiger partial charge in [-0.25, -0.2) is 8.78 Å². The highest BCUT2D eigenvalue weighted by molar-refractivity contribution is 14.0. The van der Waals surface area contributed by atoms with E-state index in [2.05, 4.69) is 46.3 Å². The van der Waals surface area contributed by atoms with Crippen LogP contribution in [0.1, 0.15) is 19.4 Å². The van der Waals surface area contributed by atoms with Crippen LogP contribution in [0.4, 0.5) is 8.78 Å². The number of hydrogen-bond acceptors (Lipinski definition) is 3. The normalized spacial score (nSPS) is 17.5. The Balaban J connectivity index is 0.00000364. The van der Waals surface area contributed by atoms with E-state index in [0.29, 0.717) is 17.9 Å². The number of rotatable bonds is 6. The zero-order chi connectivity index (χ0) is 19.1. The van der Waals surface area contributed by atoms with Crippen LogP contribution in [0.3, 0.4) is 0 Å². The summed E-state index contributed by atoms with van der Waals surface area (Å²) in [7, 11) is 3.83. The molecule has 1 fully saturated rings. The molecule has 5 nitrogen and oxygen atoms in total. The predicted molar refractivity (Wildman–Crippen MR) is 118 cm³/mol. The van der Waals surface area contributed by atoms with Crippen molar-refractivity contribution in [3.05, 3.63) is 35.4 Å². The lowest BCUT2D eigenvalue weighted by Gasteiger charge is -2.40. The van der Waals surface area contributed by atoms with Crippen LogP contribution < -0.4 is 10.6 Å². The monoisotopic (exact) mass is 495 g/mol. The number of likely N-dealkylation sites (N-methyl/N-ethyl adjacent to an activating group) is 1. The molecule has 8 heteroatoms. The number of aliphatic imine (C=N–C) groups is 1. The molecule has 1 aliphatic heterocycles. The van der Waals surface area contributed by atoms with E-state index in [9.17, 15) is 8.78 Å². The van der Waals surface area contributed by atoms with Crippen LogP contribution in [0.15, 0.2) is 23.2 Å². The number of benzene rings is 1. The number of nitrogens with one attached hydrogen (secondary N) is 2. The van der Waals surface area contributed by atoms with Gasteiger partial charge in [0, 0.05) is 57.9 Å². The Bertz CT molecular complexity index is 604. The van der Waals surface area contributed by atoms with E-state index in [-0.39, 0.29) is 36.1 Å². The summed E-state index contributed by atoms with van der Waals surface area (Å²) in [6.45, 7) is 9.66. The molecule has 0 amide bonds. The average molecular weight is 495 g/mol. The summed E-state index contributed by atoms with van der Waals surface area (Å²) >= 11 is 0. The van der Waals surface area contributed by atoms with Gasteiger partial charge in [0.25, 0.3) is 0 Å². The first-order valence-corrected chi connectivity index (χ1v) is 9.21. The lowest BCUT2D eigenvalue weighted by Crippen LogP contribution is -2.55. The van der Waals surface area contributed by atoms with Crippen molar-refractivity contribution in [3.63, 3.8) is 0 Å². The molecule has 1 heterocycles. The quantitative estimate of drug-likeness (QED) is 0.362. The van der Waals surface area contributed by atoms with E-state index in [1.807, 2.05) is 0 Å². The molecule has 0 spiro atoms. The fourth-order valence-corrected chi connectivity index (χ4v) is 3.22. The summed E-state index contributed by atoms with van der Waals surface area (Å²) in [5.41, 5.74) is 0.285. The Morgan fingerprint density at radius 3 is 2.41 bits per heavy atom. The summed E-state index contributed by atoms with van der Waals surface area (Å²) in [6, 6.07) is 3.87. The molecular weight excluding hydrogens is 463 g/mol. The standard InChI is InChI=1S/C19H31F2N5.HI/c1-14(2)18(26-9-7-25(4)8-10-26)13-24-19(22-3)23-12-15-11-16(20)5-6-17(15)21;/h5-6,11,14,18H,7-10,12-13H2,1-4H3,(H2,22,23,24);1H. The molecular formula is C19H32F2IN5. The number of halogens is 3. The van der Waals surface area contributed by atoms with Crippen LogP contribution >= 0.6 is 24.0 Å². The number of guanidine groups is 1. The average Bonchev–Trinajstić information content (AvgIpc) is 2.61. The molecule has 1 unspecified atom stereocenters. The first-order chi connectivity index (χ1) is 12.4. The maximum atomic E-state index is 13.7. The molecule has 1 aliphatic rings. The van der Waals surface area contributed by atoms with Gasteiger partial charge in [0.15, 0.2) is 5.96 Å². The lowest BCUT2D eigenvalue weighted by molar-refractivity contribution is 0.0900. The molecule has 0 radical (unpaired) electrons. The summed E-state index contributed by atoms with van der Waals surface area (Å²) in [5.74, 6) is 0.228. The second-order valence-corrected chi connectivity index (χ2v) is 7.19. The molecule has 2 rings (SSSR count). The van der Waals surface area contributed by atoms with Gasteiger partial charge in [-0.1, -0.05) is 13.8 Å². The van der Waals surface area contributed by atoms with Crippen LogP contribution in [0.2, 0.25) is 0 Å². The molecule has 1 saturated heterocycles. The van der Waals surface area contributed by atoms with E-state index in [4.69, 9.17) is 0 Å². The van der Waals surface area contributed by atoms with Gasteiger partial charge in [-0.15, -0.1) is 24.0 Å². The van der Waals surface area contributed by atoms with Gasteiger partial charge < -0.3 is 15.5 Å². The van der Waals surface area contributed by atoms with Crippen molar-refractivity contribution in [1.29, 1.82) is 0 Å². The fraction of sp³-hybridized carbons (Fsp3) is 0.632. The summed E-state index contributed by atoms with van der Waals surface area (Å²) in [5, 5.41) is 6.39. The summed E-state index contributed by atoms with van der Waals surface area (Å²) in [6.07, 6.45) is 0. The molecule has 1 aromatic rings. The van der Waals surface area contributed by atoms with Crippen LogP contribution in [0.5, 0.6) is 0 Å². The van der Waals surface area contributed by atoms with E-state index in [1.165, 1.54) is 6.07 Å². The van der Waals surface area contributed by atoms with Crippen LogP contribution in [-0.4, -0.2) is 68.6 Å². The first kappa shape index (κ1) is 24.0. The zero-order valence-corrected chi connectivity index (χ0v) is 19.0. The minimum atomic E-state index is -0.443. The Hall–Kier alpha value is -1.00. The Kier molecular flexibility index (Phi) is 10.5. The molecule has 0 aromatic heterocycles. The summed E-state index contributed by atoms with van der Waals surface area (Å²) < 4.78 is 27.0. The largest absolute Gasteiger partial charge is 0.355 e. The predicted octanol–water partition coefficient (Wildman–Crippen LogP) is 2.52. The maximum Gasteiger partial charge on any atom is 0.191 e. The van der Waals surface area contributed by atoms with Crippen molar-refractivity contribution >= 4 is 29.9 Å². The van der Waals surface area contributed by atoms with E-state index >= 15 is 0 Å². The van der Waals surface area contributed by atoms with Crippen molar-refractivity contribution in [2.24, 2.45) is 10.9 Å². The highest BCUT2D eigenvalue weighted by atomic mass is 127. The second-order valence-electron chi connectivity index (χ2n) is 7.19. The molecule has 1 atom stereocenters. The lowest BCUT2D eigenvalue weighted by atomic mass is 10.0. The minimum Gasteiger partial charge on any atom is -0.355 e. The number of hydrogen-bond donors (Lipinski definition) is 2. The van der Waals surface area contributed by atoms with Crippen molar-refractivity contribution in [2.75, 3.05) is 46.8 Å². The zero-order valence-electron chi connectivity index (χ0n) is 16.6. The van der Waals surface area contributed by atoms with E-state index in [0.717, 1.165) is 44.9 Å². The SMILES string of the molecule is CN=C(NCc1cc(F)ccc1F)NCC(C(C)C)N1CCN(C)CC1.I. The van der Waals surface area contributed by atoms with Gasteiger partial charge in [0.2, 0.25) is 0 Å². The van der Waals surface area contributed by atoms with Crippen molar-refractivity contribution in [2.45, 2.75) is 26.4 Å². The molecule has 27 heavy (non-hydrogen) atoms. The van der Waals surface area contributed by atoms with Crippen molar-refractivity contribution < 1.29 is 8.78 Å². The highest BCUT2D eigenvalue weighted by Crippen LogP contribution is 2.13. The third-order valence-corrected chi connectivity index (χ3v) is 4.93. The Morgan fingerprint density at radius 1 is 1.15 bits per heavy atom. The molecule has 0 aliphatic carbocycles. The topological polar surface area (TPSA) is 42.9 Å². The van der Waals surface area contributed by atoms with Crippen LogP contribution in [0, 0.1) is 17.6 Å². The maximum absolute atomic E-state index is 13.7. The third kappa shape index (κ3) is 7.50. The van der Waals surface area contributed by atoms with Gasteiger partial charge >= 0.3 is 0 Å².